The number of sulfonamides is 1. The van der Waals surface area contributed by atoms with E-state index in [1.54, 1.807) is 19.1 Å². The fourth-order valence-electron chi connectivity index (χ4n) is 2.21. The summed E-state index contributed by atoms with van der Waals surface area (Å²) in [6.07, 6.45) is 1.34. The van der Waals surface area contributed by atoms with Gasteiger partial charge in [0, 0.05) is 23.4 Å². The molecule has 0 spiro atoms. The number of amides is 1. The number of nitrogens with one attached hydrogen (secondary N) is 2. The molecular formula is C19H20N2O6S. The van der Waals surface area contributed by atoms with Crippen LogP contribution in [0.2, 0.25) is 0 Å². The van der Waals surface area contributed by atoms with Crippen molar-refractivity contribution in [1.29, 1.82) is 0 Å². The molecule has 2 aromatic carbocycles. The lowest BCUT2D eigenvalue weighted by Crippen LogP contribution is -2.15. The maximum atomic E-state index is 12.2. The molecule has 0 aliphatic heterocycles. The number of ketones is 1. The minimum absolute atomic E-state index is 0.110. The Kier molecular flexibility index (Phi) is 6.89. The van der Waals surface area contributed by atoms with E-state index in [1.807, 2.05) is 0 Å². The lowest BCUT2D eigenvalue weighted by atomic mass is 10.1. The Labute approximate surface area is 163 Å². The number of benzene rings is 2. The van der Waals surface area contributed by atoms with E-state index in [4.69, 9.17) is 4.74 Å². The minimum atomic E-state index is -3.48. The van der Waals surface area contributed by atoms with Crippen LogP contribution in [-0.4, -0.2) is 38.9 Å². The van der Waals surface area contributed by atoms with Gasteiger partial charge < -0.3 is 10.1 Å². The van der Waals surface area contributed by atoms with Gasteiger partial charge in [-0.2, -0.15) is 0 Å². The Morgan fingerprint density at radius 2 is 1.64 bits per heavy atom. The average molecular weight is 404 g/mol. The lowest BCUT2D eigenvalue weighted by Gasteiger charge is -2.08. The second-order valence-corrected chi connectivity index (χ2v) is 7.68. The summed E-state index contributed by atoms with van der Waals surface area (Å²) in [7, 11) is -3.48. The topological polar surface area (TPSA) is 119 Å². The van der Waals surface area contributed by atoms with Gasteiger partial charge in [-0.25, -0.2) is 13.2 Å². The van der Waals surface area contributed by atoms with Crippen LogP contribution in [0.5, 0.6) is 0 Å². The fourth-order valence-corrected chi connectivity index (χ4v) is 2.77. The maximum absolute atomic E-state index is 12.2. The normalized spacial score (nSPS) is 10.8. The van der Waals surface area contributed by atoms with Crippen molar-refractivity contribution in [2.24, 2.45) is 0 Å². The fraction of sp³-hybridized carbons (Fsp3) is 0.211. The third-order valence-corrected chi connectivity index (χ3v) is 4.15. The summed E-state index contributed by atoms with van der Waals surface area (Å²) in [6, 6.07) is 12.0. The van der Waals surface area contributed by atoms with Crippen molar-refractivity contribution >= 4 is 39.1 Å². The predicted molar refractivity (Wildman–Crippen MR) is 105 cm³/mol. The number of hydrogen-bond acceptors (Lipinski definition) is 6. The highest BCUT2D eigenvalue weighted by molar-refractivity contribution is 7.92. The Bertz CT molecular complexity index is 984. The van der Waals surface area contributed by atoms with Crippen molar-refractivity contribution in [2.75, 3.05) is 22.9 Å². The standard InChI is InChI=1S/C19H20N2O6S/c1-3-18(23)20-15-9-7-13(8-10-15)17(22)12-27-19(24)14-5-4-6-16(11-14)21-28(2,25)26/h4-11,21H,3,12H2,1-2H3,(H,20,23). The Hall–Kier alpha value is -3.20. The van der Waals surface area contributed by atoms with E-state index in [0.717, 1.165) is 6.26 Å². The third kappa shape index (κ3) is 6.51. The first-order chi connectivity index (χ1) is 13.2. The van der Waals surface area contributed by atoms with Gasteiger partial charge in [0.1, 0.15) is 0 Å². The zero-order valence-electron chi connectivity index (χ0n) is 15.4. The molecule has 2 aromatic rings. The quantitative estimate of drug-likeness (QED) is 0.515. The second kappa shape index (κ2) is 9.14. The summed E-state index contributed by atoms with van der Waals surface area (Å²) in [5.74, 6) is -1.30. The van der Waals surface area contributed by atoms with Crippen LogP contribution in [0.4, 0.5) is 11.4 Å². The van der Waals surface area contributed by atoms with Crippen LogP contribution in [0, 0.1) is 0 Å². The summed E-state index contributed by atoms with van der Waals surface area (Å²) < 4.78 is 29.8. The molecule has 9 heteroatoms. The molecule has 0 heterocycles. The highest BCUT2D eigenvalue weighted by Gasteiger charge is 2.13. The van der Waals surface area contributed by atoms with Gasteiger partial charge in [-0.3, -0.25) is 14.3 Å². The van der Waals surface area contributed by atoms with Crippen LogP contribution in [0.15, 0.2) is 48.5 Å². The van der Waals surface area contributed by atoms with E-state index in [2.05, 4.69) is 10.0 Å². The molecule has 0 saturated carbocycles. The summed E-state index contributed by atoms with van der Waals surface area (Å²) in [5.41, 5.74) is 1.22. The first kappa shape index (κ1) is 21.1. The molecule has 1 amide bonds. The number of anilines is 2. The molecule has 148 valence electrons. The number of Topliss-reactive ketones (excluding diaryl/α,β-unsaturated/α-hetero) is 1. The van der Waals surface area contributed by atoms with Crippen molar-refractivity contribution in [3.05, 3.63) is 59.7 Å². The van der Waals surface area contributed by atoms with Gasteiger partial charge in [-0.1, -0.05) is 13.0 Å². The first-order valence-electron chi connectivity index (χ1n) is 8.36. The Balaban J connectivity index is 1.96. The maximum Gasteiger partial charge on any atom is 0.338 e. The van der Waals surface area contributed by atoms with Crippen LogP contribution in [0.3, 0.4) is 0 Å². The Morgan fingerprint density at radius 3 is 2.25 bits per heavy atom. The Morgan fingerprint density at radius 1 is 0.964 bits per heavy atom. The van der Waals surface area contributed by atoms with Crippen molar-refractivity contribution in [3.63, 3.8) is 0 Å². The number of hydrogen-bond donors (Lipinski definition) is 2. The van der Waals surface area contributed by atoms with Crippen LogP contribution in [0.25, 0.3) is 0 Å². The number of esters is 1. The van der Waals surface area contributed by atoms with E-state index < -0.39 is 28.4 Å². The zero-order chi connectivity index (χ0) is 20.7. The van der Waals surface area contributed by atoms with Gasteiger partial charge in [0.15, 0.2) is 12.4 Å². The first-order valence-corrected chi connectivity index (χ1v) is 10.2. The molecule has 0 unspecified atom stereocenters. The van der Waals surface area contributed by atoms with E-state index in [0.29, 0.717) is 17.7 Å². The largest absolute Gasteiger partial charge is 0.454 e. The predicted octanol–water partition coefficient (Wildman–Crippen LogP) is 2.45. The van der Waals surface area contributed by atoms with Crippen molar-refractivity contribution in [2.45, 2.75) is 13.3 Å². The SMILES string of the molecule is CCC(=O)Nc1ccc(C(=O)COC(=O)c2cccc(NS(C)(=O)=O)c2)cc1. The minimum Gasteiger partial charge on any atom is -0.454 e. The van der Waals surface area contributed by atoms with Gasteiger partial charge in [-0.05, 0) is 42.5 Å². The molecule has 0 saturated heterocycles. The highest BCUT2D eigenvalue weighted by Crippen LogP contribution is 2.14. The molecular weight excluding hydrogens is 384 g/mol. The molecule has 2 rings (SSSR count). The molecule has 0 radical (unpaired) electrons. The summed E-state index contributed by atoms with van der Waals surface area (Å²) in [4.78, 5) is 35.6. The third-order valence-electron chi connectivity index (χ3n) is 3.55. The van der Waals surface area contributed by atoms with Crippen LogP contribution in [-0.2, 0) is 19.6 Å². The second-order valence-electron chi connectivity index (χ2n) is 5.93. The molecule has 8 nitrogen and oxygen atoms in total. The summed E-state index contributed by atoms with van der Waals surface area (Å²) in [6.45, 7) is 1.26. The molecule has 0 atom stereocenters. The smallest absolute Gasteiger partial charge is 0.338 e. The van der Waals surface area contributed by atoms with Crippen molar-refractivity contribution in [3.8, 4) is 0 Å². The molecule has 0 bridgehead atoms. The molecule has 0 aromatic heterocycles. The van der Waals surface area contributed by atoms with E-state index >= 15 is 0 Å². The average Bonchev–Trinajstić information content (AvgIpc) is 2.65. The number of carbonyl (C=O) groups is 3. The van der Waals surface area contributed by atoms with Gasteiger partial charge in [0.2, 0.25) is 15.9 Å². The molecule has 0 aliphatic rings. The van der Waals surface area contributed by atoms with Crippen molar-refractivity contribution in [1.82, 2.24) is 0 Å². The van der Waals surface area contributed by atoms with E-state index in [9.17, 15) is 22.8 Å². The van der Waals surface area contributed by atoms with E-state index in [1.165, 1.54) is 36.4 Å². The lowest BCUT2D eigenvalue weighted by molar-refractivity contribution is -0.115. The summed E-state index contributed by atoms with van der Waals surface area (Å²) in [5, 5.41) is 2.67. The highest BCUT2D eigenvalue weighted by atomic mass is 32.2. The van der Waals surface area contributed by atoms with Gasteiger partial charge in [-0.15, -0.1) is 0 Å². The zero-order valence-corrected chi connectivity index (χ0v) is 16.2. The monoisotopic (exact) mass is 404 g/mol. The van der Waals surface area contributed by atoms with Crippen LogP contribution < -0.4 is 10.0 Å². The molecule has 0 aliphatic carbocycles. The number of ether oxygens (including phenoxy) is 1. The number of carbonyl (C=O) groups excluding carboxylic acids is 3. The van der Waals surface area contributed by atoms with Crippen LogP contribution >= 0.6 is 0 Å². The number of rotatable bonds is 8. The van der Waals surface area contributed by atoms with E-state index in [-0.39, 0.29) is 17.2 Å². The molecule has 2 N–H and O–H groups in total. The van der Waals surface area contributed by atoms with Gasteiger partial charge in [0.25, 0.3) is 0 Å². The molecule has 0 fully saturated rings. The van der Waals surface area contributed by atoms with Gasteiger partial charge in [0.05, 0.1) is 11.8 Å². The van der Waals surface area contributed by atoms with Crippen LogP contribution in [0.1, 0.15) is 34.1 Å². The van der Waals surface area contributed by atoms with Gasteiger partial charge >= 0.3 is 5.97 Å². The molecule has 28 heavy (non-hydrogen) atoms. The summed E-state index contributed by atoms with van der Waals surface area (Å²) >= 11 is 0. The van der Waals surface area contributed by atoms with Crippen molar-refractivity contribution < 1.29 is 27.5 Å².